The van der Waals surface area contributed by atoms with Crippen LogP contribution in [0.3, 0.4) is 0 Å². The minimum atomic E-state index is -4.80. The molecule has 0 atom stereocenters. The first-order valence-electron chi connectivity index (χ1n) is 16.1. The topological polar surface area (TPSA) is 136 Å². The Labute approximate surface area is 308 Å². The zero-order valence-corrected chi connectivity index (χ0v) is 29.5. The molecule has 4 N–H and O–H groups in total. The van der Waals surface area contributed by atoms with Crippen LogP contribution in [-0.2, 0) is 39.5 Å². The van der Waals surface area contributed by atoms with Crippen molar-refractivity contribution in [2.24, 2.45) is 14.1 Å². The molecule has 6 rings (SSSR count). The van der Waals surface area contributed by atoms with Crippen molar-refractivity contribution in [1.82, 2.24) is 29.7 Å². The summed E-state index contributed by atoms with van der Waals surface area (Å²) in [6.45, 7) is 0.224. The molecule has 55 heavy (non-hydrogen) atoms. The summed E-state index contributed by atoms with van der Waals surface area (Å²) in [4.78, 5) is 32.7. The van der Waals surface area contributed by atoms with E-state index in [2.05, 4.69) is 31.2 Å². The summed E-state index contributed by atoms with van der Waals surface area (Å²) in [5, 5.41) is 10.1. The zero-order valence-electron chi connectivity index (χ0n) is 29.5. The molecule has 12 nitrogen and oxygen atoms in total. The number of aryl methyl sites for hydroxylation is 2. The standard InChI is InChI=1S/C18H16F4N4O2.C18H17F3N4O2/c1-26-9-24-14-5-6-15(28-2)11(16(14)26)8-23-17(27)25-10-3-4-12(13(19)7-10)18(20,21)22;1-25-10-23-14-7-8-15(27-2)13(16(14)25)9-22-17(26)24-12-5-3-11(4-6-12)18(19,20)21/h3-7,9H,8H2,1-2H3,(H2,23,25,27);3-8,10H,9H2,1-2H3,(H2,22,24,26). The molecule has 19 heteroatoms. The van der Waals surface area contributed by atoms with Crippen LogP contribution in [0.5, 0.6) is 11.5 Å². The predicted octanol–water partition coefficient (Wildman–Crippen LogP) is 7.98. The molecular weight excluding hydrogens is 741 g/mol. The van der Waals surface area contributed by atoms with Crippen LogP contribution >= 0.6 is 0 Å². The quantitative estimate of drug-likeness (QED) is 0.116. The third kappa shape index (κ3) is 9.35. The largest absolute Gasteiger partial charge is 0.496 e. The minimum absolute atomic E-state index is 0.0645. The first-order valence-corrected chi connectivity index (χ1v) is 16.1. The molecule has 6 aromatic rings. The Kier molecular flexibility index (Phi) is 11.7. The maximum absolute atomic E-state index is 13.6. The van der Waals surface area contributed by atoms with Crippen molar-refractivity contribution in [3.63, 3.8) is 0 Å². The van der Waals surface area contributed by atoms with Crippen molar-refractivity contribution in [2.75, 3.05) is 24.9 Å². The Morgan fingerprint density at radius 1 is 0.655 bits per heavy atom. The number of amides is 4. The molecule has 4 amide bonds. The highest BCUT2D eigenvalue weighted by molar-refractivity contribution is 5.91. The number of benzene rings is 4. The van der Waals surface area contributed by atoms with Gasteiger partial charge in [-0.25, -0.2) is 23.9 Å². The van der Waals surface area contributed by atoms with Gasteiger partial charge in [-0.05, 0) is 66.7 Å². The molecule has 0 aliphatic heterocycles. The average molecular weight is 775 g/mol. The number of ether oxygens (including phenoxy) is 2. The highest BCUT2D eigenvalue weighted by Crippen LogP contribution is 2.33. The maximum atomic E-state index is 13.6. The number of hydrogen-bond acceptors (Lipinski definition) is 6. The number of urea groups is 2. The number of rotatable bonds is 8. The fraction of sp³-hybridized carbons (Fsp3) is 0.222. The minimum Gasteiger partial charge on any atom is -0.496 e. The van der Waals surface area contributed by atoms with Gasteiger partial charge in [-0.15, -0.1) is 0 Å². The lowest BCUT2D eigenvalue weighted by molar-refractivity contribution is -0.140. The Morgan fingerprint density at radius 2 is 1.11 bits per heavy atom. The van der Waals surface area contributed by atoms with E-state index < -0.39 is 41.4 Å². The van der Waals surface area contributed by atoms with Gasteiger partial charge in [0.05, 0.1) is 73.2 Å². The van der Waals surface area contributed by atoms with E-state index in [9.17, 15) is 40.3 Å². The normalized spacial score (nSPS) is 11.5. The molecule has 0 saturated carbocycles. The molecule has 2 heterocycles. The summed E-state index contributed by atoms with van der Waals surface area (Å²) in [5.41, 5.74) is 2.46. The molecular formula is C36H33F7N8O4. The van der Waals surface area contributed by atoms with Crippen LogP contribution in [0.4, 0.5) is 51.7 Å². The van der Waals surface area contributed by atoms with Crippen LogP contribution < -0.4 is 30.7 Å². The van der Waals surface area contributed by atoms with Crippen LogP contribution in [0.15, 0.2) is 79.4 Å². The Morgan fingerprint density at radius 3 is 1.53 bits per heavy atom. The lowest BCUT2D eigenvalue weighted by Gasteiger charge is -2.13. The molecule has 0 aliphatic rings. The number of carbonyl (C=O) groups excluding carboxylic acids is 2. The number of anilines is 2. The summed E-state index contributed by atoms with van der Waals surface area (Å²) in [5.74, 6) is -0.329. The second-order valence-corrected chi connectivity index (χ2v) is 11.8. The number of hydrogen-bond donors (Lipinski definition) is 4. The number of methoxy groups -OCH3 is 2. The molecule has 4 aromatic carbocycles. The molecule has 0 spiro atoms. The fourth-order valence-electron chi connectivity index (χ4n) is 5.60. The zero-order chi connectivity index (χ0) is 40.1. The highest BCUT2D eigenvalue weighted by Gasteiger charge is 2.34. The Balaban J connectivity index is 0.000000211. The van der Waals surface area contributed by atoms with Crippen LogP contribution in [0.2, 0.25) is 0 Å². The van der Waals surface area contributed by atoms with Gasteiger partial charge < -0.3 is 39.9 Å². The summed E-state index contributed by atoms with van der Waals surface area (Å²) in [6.07, 6.45) is -5.93. The average Bonchev–Trinajstić information content (AvgIpc) is 3.70. The van der Waals surface area contributed by atoms with E-state index in [-0.39, 0.29) is 24.5 Å². The number of halogens is 7. The highest BCUT2D eigenvalue weighted by atomic mass is 19.4. The molecule has 0 saturated heterocycles. The lowest BCUT2D eigenvalue weighted by Crippen LogP contribution is -2.28. The molecule has 0 bridgehead atoms. The number of nitrogens with zero attached hydrogens (tertiary/aromatic N) is 4. The number of fused-ring (bicyclic) bond motifs is 2. The van der Waals surface area contributed by atoms with E-state index in [0.717, 1.165) is 40.3 Å². The van der Waals surface area contributed by atoms with Crippen LogP contribution in [-0.4, -0.2) is 45.4 Å². The third-order valence-electron chi connectivity index (χ3n) is 8.18. The van der Waals surface area contributed by atoms with Crippen molar-refractivity contribution >= 4 is 45.5 Å². The van der Waals surface area contributed by atoms with Crippen molar-refractivity contribution in [1.29, 1.82) is 0 Å². The monoisotopic (exact) mass is 774 g/mol. The van der Waals surface area contributed by atoms with Gasteiger partial charge in [0.2, 0.25) is 0 Å². The summed E-state index contributed by atoms with van der Waals surface area (Å²) < 4.78 is 103. The van der Waals surface area contributed by atoms with Crippen molar-refractivity contribution in [3.8, 4) is 11.5 Å². The van der Waals surface area contributed by atoms with Gasteiger partial charge in [0.25, 0.3) is 0 Å². The molecule has 0 aliphatic carbocycles. The molecule has 2 aromatic heterocycles. The molecule has 0 fully saturated rings. The predicted molar refractivity (Wildman–Crippen MR) is 189 cm³/mol. The Bertz CT molecular complexity index is 2320. The summed E-state index contributed by atoms with van der Waals surface area (Å²) >= 11 is 0. The SMILES string of the molecule is COc1ccc2ncn(C)c2c1CNC(=O)Nc1ccc(C(F)(F)F)c(F)c1.COc1ccc2ncn(C)c2c1CNC(=O)Nc1ccc(C(F)(F)F)cc1. The van der Waals surface area contributed by atoms with E-state index in [1.165, 1.54) is 26.4 Å². The number of alkyl halides is 6. The third-order valence-corrected chi connectivity index (χ3v) is 8.18. The summed E-state index contributed by atoms with van der Waals surface area (Å²) in [6, 6.07) is 12.2. The van der Waals surface area contributed by atoms with Gasteiger partial charge in [0.15, 0.2) is 0 Å². The van der Waals surface area contributed by atoms with Gasteiger partial charge in [-0.2, -0.15) is 26.3 Å². The van der Waals surface area contributed by atoms with E-state index in [1.807, 2.05) is 17.7 Å². The smallest absolute Gasteiger partial charge is 0.419 e. The fourth-order valence-corrected chi connectivity index (χ4v) is 5.60. The number of aromatic nitrogens is 4. The van der Waals surface area contributed by atoms with Crippen molar-refractivity contribution in [2.45, 2.75) is 25.4 Å². The number of carbonyl (C=O) groups is 2. The van der Waals surface area contributed by atoms with Gasteiger partial charge >= 0.3 is 24.4 Å². The van der Waals surface area contributed by atoms with Crippen LogP contribution in [0.1, 0.15) is 22.3 Å². The second kappa shape index (κ2) is 16.2. The van der Waals surface area contributed by atoms with Crippen LogP contribution in [0, 0.1) is 5.82 Å². The van der Waals surface area contributed by atoms with Crippen molar-refractivity contribution < 1.29 is 49.8 Å². The van der Waals surface area contributed by atoms with E-state index in [0.29, 0.717) is 34.7 Å². The van der Waals surface area contributed by atoms with E-state index in [4.69, 9.17) is 9.47 Å². The van der Waals surface area contributed by atoms with Crippen LogP contribution in [0.25, 0.3) is 22.1 Å². The van der Waals surface area contributed by atoms with E-state index >= 15 is 0 Å². The number of nitrogens with one attached hydrogen (secondary N) is 4. The van der Waals surface area contributed by atoms with Gasteiger partial charge in [-0.3, -0.25) is 0 Å². The maximum Gasteiger partial charge on any atom is 0.419 e. The second-order valence-electron chi connectivity index (χ2n) is 11.8. The Hall–Kier alpha value is -6.53. The molecule has 290 valence electrons. The van der Waals surface area contributed by atoms with Gasteiger partial charge in [-0.1, -0.05) is 0 Å². The van der Waals surface area contributed by atoms with E-state index in [1.54, 1.807) is 42.5 Å². The van der Waals surface area contributed by atoms with Gasteiger partial charge in [0.1, 0.15) is 17.3 Å². The summed E-state index contributed by atoms with van der Waals surface area (Å²) in [7, 11) is 6.65. The number of imidazole rings is 2. The van der Waals surface area contributed by atoms with Crippen molar-refractivity contribution in [3.05, 3.63) is 107 Å². The lowest BCUT2D eigenvalue weighted by atomic mass is 10.1. The first kappa shape index (κ1) is 39.7. The first-order chi connectivity index (χ1) is 26.0. The van der Waals surface area contributed by atoms with Gasteiger partial charge in [0, 0.05) is 36.6 Å². The molecule has 0 unspecified atom stereocenters. The molecule has 0 radical (unpaired) electrons.